The van der Waals surface area contributed by atoms with Crippen molar-refractivity contribution >= 4 is 21.9 Å². The van der Waals surface area contributed by atoms with Crippen molar-refractivity contribution in [2.75, 3.05) is 0 Å². The zero-order chi connectivity index (χ0) is 43.7. The quantitative estimate of drug-likeness (QED) is 0.151. The number of rotatable bonds is 8. The molecule has 2 heterocycles. The molecule has 6 heteroatoms. The number of hydrogen-bond donors (Lipinski definition) is 0. The average molecular weight is 830 g/mol. The van der Waals surface area contributed by atoms with Crippen molar-refractivity contribution < 1.29 is 4.42 Å². The Kier molecular flexibility index (Phi) is 9.86. The van der Waals surface area contributed by atoms with Crippen LogP contribution in [-0.2, 0) is 0 Å². The van der Waals surface area contributed by atoms with Gasteiger partial charge in [0, 0.05) is 33.0 Å². The molecular formula is C59H35N5O. The van der Waals surface area contributed by atoms with Crippen LogP contribution < -0.4 is 0 Å². The minimum absolute atomic E-state index is 0.541. The van der Waals surface area contributed by atoms with E-state index < -0.39 is 0 Å². The molecule has 0 fully saturated rings. The molecule has 0 unspecified atom stereocenters. The Morgan fingerprint density at radius 3 is 1.23 bits per heavy atom. The number of fused-ring (bicyclic) bond motifs is 3. The lowest BCUT2D eigenvalue weighted by atomic mass is 9.93. The van der Waals surface area contributed by atoms with Crippen LogP contribution >= 0.6 is 0 Å². The van der Waals surface area contributed by atoms with Crippen LogP contribution in [0.4, 0.5) is 0 Å². The predicted molar refractivity (Wildman–Crippen MR) is 260 cm³/mol. The van der Waals surface area contributed by atoms with E-state index in [0.717, 1.165) is 94.3 Å². The maximum Gasteiger partial charge on any atom is 0.164 e. The lowest BCUT2D eigenvalue weighted by Crippen LogP contribution is -2.00. The number of nitriles is 2. The van der Waals surface area contributed by atoms with E-state index in [2.05, 4.69) is 115 Å². The molecular weight excluding hydrogens is 795 g/mol. The highest BCUT2D eigenvalue weighted by Crippen LogP contribution is 2.43. The molecule has 0 radical (unpaired) electrons. The van der Waals surface area contributed by atoms with E-state index in [1.807, 2.05) is 109 Å². The van der Waals surface area contributed by atoms with E-state index in [0.29, 0.717) is 28.6 Å². The summed E-state index contributed by atoms with van der Waals surface area (Å²) in [6.45, 7) is 0. The third-order valence-electron chi connectivity index (χ3n) is 11.9. The van der Waals surface area contributed by atoms with Gasteiger partial charge in [0.15, 0.2) is 17.5 Å². The summed E-state index contributed by atoms with van der Waals surface area (Å²) in [7, 11) is 0. The van der Waals surface area contributed by atoms with Crippen molar-refractivity contribution in [2.24, 2.45) is 0 Å². The molecule has 0 aliphatic rings. The summed E-state index contributed by atoms with van der Waals surface area (Å²) in [4.78, 5) is 15.4. The highest BCUT2D eigenvalue weighted by atomic mass is 16.3. The van der Waals surface area contributed by atoms with Crippen molar-refractivity contribution in [2.45, 2.75) is 0 Å². The highest BCUT2D eigenvalue weighted by molar-refractivity contribution is 6.16. The SMILES string of the molecule is N#Cc1ccc(-c2ccc(-c3cc(-c4ccc(-c5ccc(C#N)cc5)cc4)c4oc5cccc(-c6nc(-c7ccccc7)nc(-c7ccc(-c8ccccc8)cc7)n6)c5c4c3)cc2)cc1. The van der Waals surface area contributed by atoms with Gasteiger partial charge < -0.3 is 4.42 Å². The highest BCUT2D eigenvalue weighted by Gasteiger charge is 2.21. The molecule has 0 saturated carbocycles. The summed E-state index contributed by atoms with van der Waals surface area (Å²) in [6.07, 6.45) is 0. The predicted octanol–water partition coefficient (Wildman–Crippen LogP) is 14.9. The first-order valence-electron chi connectivity index (χ1n) is 21.3. The van der Waals surface area contributed by atoms with E-state index in [-0.39, 0.29) is 0 Å². The molecule has 11 rings (SSSR count). The van der Waals surface area contributed by atoms with E-state index in [1.165, 1.54) is 0 Å². The van der Waals surface area contributed by atoms with E-state index in [1.54, 1.807) is 0 Å². The second-order valence-corrected chi connectivity index (χ2v) is 15.8. The van der Waals surface area contributed by atoms with Crippen LogP contribution in [0.2, 0.25) is 0 Å². The number of aromatic nitrogens is 3. The van der Waals surface area contributed by atoms with Gasteiger partial charge in [0.05, 0.1) is 23.3 Å². The number of hydrogen-bond acceptors (Lipinski definition) is 6. The standard InChI is InChI=1S/C59H35N5O/c60-36-38-14-18-41(19-15-38)44-22-24-46(25-23-44)50-34-52(47-30-26-45(27-31-47)42-20-16-39(37-61)17-21-42)56-53(35-50)55-51(12-7-13-54(55)65-56)59-63-57(48-10-5-2-6-11-48)62-58(64-59)49-32-28-43(29-33-49)40-8-3-1-4-9-40/h1-35H. The number of furan rings is 1. The van der Waals surface area contributed by atoms with Gasteiger partial charge in [-0.1, -0.05) is 170 Å². The summed E-state index contributed by atoms with van der Waals surface area (Å²) < 4.78 is 6.89. The fourth-order valence-electron chi connectivity index (χ4n) is 8.45. The van der Waals surface area contributed by atoms with E-state index in [9.17, 15) is 10.5 Å². The van der Waals surface area contributed by atoms with Gasteiger partial charge in [-0.05, 0) is 92.5 Å². The Morgan fingerprint density at radius 2 is 0.723 bits per heavy atom. The molecule has 65 heavy (non-hydrogen) atoms. The second kappa shape index (κ2) is 16.6. The minimum atomic E-state index is 0.541. The topological polar surface area (TPSA) is 99.4 Å². The van der Waals surface area contributed by atoms with Crippen LogP contribution in [0.15, 0.2) is 217 Å². The molecule has 0 saturated heterocycles. The van der Waals surface area contributed by atoms with Crippen LogP contribution in [0.5, 0.6) is 0 Å². The molecule has 0 amide bonds. The van der Waals surface area contributed by atoms with Gasteiger partial charge in [-0.25, -0.2) is 15.0 Å². The Labute approximate surface area is 375 Å². The van der Waals surface area contributed by atoms with Crippen LogP contribution in [0.25, 0.3) is 112 Å². The molecule has 0 bridgehead atoms. The molecule has 0 aliphatic heterocycles. The maximum absolute atomic E-state index is 9.35. The van der Waals surface area contributed by atoms with Crippen LogP contribution in [-0.4, -0.2) is 15.0 Å². The molecule has 6 nitrogen and oxygen atoms in total. The molecule has 0 N–H and O–H groups in total. The van der Waals surface area contributed by atoms with E-state index in [4.69, 9.17) is 19.4 Å². The maximum atomic E-state index is 9.35. The largest absolute Gasteiger partial charge is 0.455 e. The Balaban J connectivity index is 1.08. The van der Waals surface area contributed by atoms with E-state index >= 15 is 0 Å². The fourth-order valence-corrected chi connectivity index (χ4v) is 8.45. The number of benzene rings is 9. The zero-order valence-corrected chi connectivity index (χ0v) is 34.9. The molecule has 0 aliphatic carbocycles. The lowest BCUT2D eigenvalue weighted by molar-refractivity contribution is 0.670. The molecule has 11 aromatic rings. The van der Waals surface area contributed by atoms with Crippen LogP contribution in [0, 0.1) is 22.7 Å². The lowest BCUT2D eigenvalue weighted by Gasteiger charge is -2.11. The van der Waals surface area contributed by atoms with Gasteiger partial charge in [0.1, 0.15) is 11.2 Å². The summed E-state index contributed by atoms with van der Waals surface area (Å²) >= 11 is 0. The molecule has 2 aromatic heterocycles. The van der Waals surface area contributed by atoms with Gasteiger partial charge in [-0.3, -0.25) is 0 Å². The Hall–Kier alpha value is -9.23. The molecule has 0 spiro atoms. The summed E-state index contributed by atoms with van der Waals surface area (Å²) in [5, 5.41) is 20.5. The normalized spacial score (nSPS) is 11.0. The monoisotopic (exact) mass is 829 g/mol. The van der Waals surface area contributed by atoms with Gasteiger partial charge in [0.2, 0.25) is 0 Å². The van der Waals surface area contributed by atoms with Crippen molar-refractivity contribution in [3.8, 4) is 102 Å². The molecule has 302 valence electrons. The third kappa shape index (κ3) is 7.48. The summed E-state index contributed by atoms with van der Waals surface area (Å²) in [5.74, 6) is 1.69. The van der Waals surface area contributed by atoms with Gasteiger partial charge in [0.25, 0.3) is 0 Å². The average Bonchev–Trinajstić information content (AvgIpc) is 3.78. The van der Waals surface area contributed by atoms with Gasteiger partial charge >= 0.3 is 0 Å². The van der Waals surface area contributed by atoms with Crippen molar-refractivity contribution in [1.29, 1.82) is 10.5 Å². The number of nitrogens with zero attached hydrogens (tertiary/aromatic N) is 5. The van der Waals surface area contributed by atoms with Crippen molar-refractivity contribution in [3.63, 3.8) is 0 Å². The van der Waals surface area contributed by atoms with Gasteiger partial charge in [-0.2, -0.15) is 10.5 Å². The Bertz CT molecular complexity index is 3610. The second-order valence-electron chi connectivity index (χ2n) is 15.8. The summed E-state index contributed by atoms with van der Waals surface area (Å²) in [5.41, 5.74) is 15.8. The minimum Gasteiger partial charge on any atom is -0.455 e. The van der Waals surface area contributed by atoms with Crippen molar-refractivity contribution in [3.05, 3.63) is 223 Å². The van der Waals surface area contributed by atoms with Gasteiger partial charge in [-0.15, -0.1) is 0 Å². The summed E-state index contributed by atoms with van der Waals surface area (Å²) in [6, 6.07) is 75.9. The smallest absolute Gasteiger partial charge is 0.164 e. The molecule has 0 atom stereocenters. The van der Waals surface area contributed by atoms with Crippen LogP contribution in [0.3, 0.4) is 0 Å². The molecule has 9 aromatic carbocycles. The third-order valence-corrected chi connectivity index (χ3v) is 11.9. The fraction of sp³-hybridized carbons (Fsp3) is 0. The Morgan fingerprint density at radius 1 is 0.323 bits per heavy atom. The first kappa shape index (κ1) is 38.7. The zero-order valence-electron chi connectivity index (χ0n) is 34.9. The van der Waals surface area contributed by atoms with Crippen LogP contribution in [0.1, 0.15) is 11.1 Å². The first-order valence-corrected chi connectivity index (χ1v) is 21.3. The van der Waals surface area contributed by atoms with Crippen molar-refractivity contribution in [1.82, 2.24) is 15.0 Å². The first-order chi connectivity index (χ1) is 32.1.